The molecule has 35 heavy (non-hydrogen) atoms. The second-order valence-electron chi connectivity index (χ2n) is 10.0. The van der Waals surface area contributed by atoms with Gasteiger partial charge in [0.25, 0.3) is 5.91 Å². The van der Waals surface area contributed by atoms with Gasteiger partial charge >= 0.3 is 5.97 Å². The molecule has 0 aromatic heterocycles. The van der Waals surface area contributed by atoms with Gasteiger partial charge in [-0.2, -0.15) is 0 Å². The number of Topliss-reactive ketones (excluding diaryl/α,β-unsaturated/α-hetero) is 2. The number of ether oxygens (including phenoxy) is 1. The second-order valence-corrected chi connectivity index (χ2v) is 10.0. The summed E-state index contributed by atoms with van der Waals surface area (Å²) in [5.41, 5.74) is 0.857. The maximum absolute atomic E-state index is 13.2. The van der Waals surface area contributed by atoms with Crippen molar-refractivity contribution in [1.29, 1.82) is 0 Å². The summed E-state index contributed by atoms with van der Waals surface area (Å²) in [4.78, 5) is 62.9. The third kappa shape index (κ3) is 9.26. The summed E-state index contributed by atoms with van der Waals surface area (Å²) in [7, 11) is 0. The van der Waals surface area contributed by atoms with E-state index >= 15 is 0 Å². The maximum Gasteiger partial charge on any atom is 0.306 e. The summed E-state index contributed by atoms with van der Waals surface area (Å²) in [5, 5.41) is 5.38. The number of rotatable bonds is 12. The monoisotopic (exact) mass is 486 g/mol. The van der Waals surface area contributed by atoms with Gasteiger partial charge in [0.05, 0.1) is 18.4 Å². The molecule has 1 fully saturated rings. The van der Waals surface area contributed by atoms with Gasteiger partial charge in [-0.05, 0) is 36.7 Å². The van der Waals surface area contributed by atoms with Crippen molar-refractivity contribution in [3.05, 3.63) is 35.9 Å². The predicted octanol–water partition coefficient (Wildman–Crippen LogP) is 2.98. The van der Waals surface area contributed by atoms with Crippen molar-refractivity contribution in [3.8, 4) is 0 Å². The number of benzene rings is 1. The highest BCUT2D eigenvalue weighted by molar-refractivity contribution is 6.37. The Morgan fingerprint density at radius 3 is 2.40 bits per heavy atom. The predicted molar refractivity (Wildman–Crippen MR) is 131 cm³/mol. The van der Waals surface area contributed by atoms with Crippen LogP contribution in [0.15, 0.2) is 30.3 Å². The van der Waals surface area contributed by atoms with E-state index in [1.807, 2.05) is 58.0 Å². The van der Waals surface area contributed by atoms with Crippen molar-refractivity contribution >= 4 is 29.4 Å². The molecule has 1 unspecified atom stereocenters. The molecule has 1 aromatic rings. The average molecular weight is 487 g/mol. The van der Waals surface area contributed by atoms with Crippen LogP contribution in [-0.4, -0.2) is 41.9 Å². The molecule has 2 amide bonds. The topological polar surface area (TPSA) is 119 Å². The minimum atomic E-state index is -0.789. The molecule has 2 N–H and O–H groups in total. The fourth-order valence-electron chi connectivity index (χ4n) is 4.16. The highest BCUT2D eigenvalue weighted by Gasteiger charge is 2.34. The first kappa shape index (κ1) is 28.2. The Labute approximate surface area is 207 Å². The Morgan fingerprint density at radius 1 is 1.09 bits per heavy atom. The van der Waals surface area contributed by atoms with Crippen LogP contribution in [0.25, 0.3) is 0 Å². The first-order chi connectivity index (χ1) is 16.6. The van der Waals surface area contributed by atoms with Crippen molar-refractivity contribution in [2.75, 3.05) is 6.54 Å². The molecule has 0 aliphatic carbocycles. The fourth-order valence-corrected chi connectivity index (χ4v) is 4.16. The summed E-state index contributed by atoms with van der Waals surface area (Å²) < 4.78 is 5.35. The molecule has 0 saturated carbocycles. The van der Waals surface area contributed by atoms with E-state index in [0.717, 1.165) is 5.56 Å². The SMILES string of the molecule is CC(C)C[C@H](NC(=O)[C@@H](CC(=O)OCc1ccccc1)C(C)C)C(=O)CC1CCCNC(=O)C1=O. The van der Waals surface area contributed by atoms with Crippen molar-refractivity contribution < 1.29 is 28.7 Å². The number of carbonyl (C=O) groups is 5. The van der Waals surface area contributed by atoms with Crippen LogP contribution in [0.4, 0.5) is 0 Å². The molecule has 2 rings (SSSR count). The van der Waals surface area contributed by atoms with Gasteiger partial charge in [-0.3, -0.25) is 24.0 Å². The number of nitrogens with one attached hydrogen (secondary N) is 2. The molecular weight excluding hydrogens is 448 g/mol. The van der Waals surface area contributed by atoms with E-state index in [-0.39, 0.29) is 43.0 Å². The summed E-state index contributed by atoms with van der Waals surface area (Å²) in [6, 6.07) is 8.50. The molecular formula is C27H38N2O6. The van der Waals surface area contributed by atoms with Gasteiger partial charge in [0.1, 0.15) is 6.61 Å². The van der Waals surface area contributed by atoms with Crippen molar-refractivity contribution in [2.45, 2.75) is 72.4 Å². The van der Waals surface area contributed by atoms with Crippen LogP contribution in [0.2, 0.25) is 0 Å². The quantitative estimate of drug-likeness (QED) is 0.346. The molecule has 0 radical (unpaired) electrons. The zero-order valence-corrected chi connectivity index (χ0v) is 21.2. The average Bonchev–Trinajstić information content (AvgIpc) is 2.96. The van der Waals surface area contributed by atoms with Crippen LogP contribution in [0.5, 0.6) is 0 Å². The summed E-state index contributed by atoms with van der Waals surface area (Å²) in [6.07, 6.45) is 1.29. The zero-order valence-electron chi connectivity index (χ0n) is 21.2. The molecule has 1 aromatic carbocycles. The van der Waals surface area contributed by atoms with Crippen LogP contribution in [0.3, 0.4) is 0 Å². The Kier molecular flexibility index (Phi) is 11.1. The summed E-state index contributed by atoms with van der Waals surface area (Å²) in [5.74, 6) is -3.74. The van der Waals surface area contributed by atoms with Crippen LogP contribution >= 0.6 is 0 Å². The largest absolute Gasteiger partial charge is 0.461 e. The highest BCUT2D eigenvalue weighted by Crippen LogP contribution is 2.21. The first-order valence-corrected chi connectivity index (χ1v) is 12.4. The van der Waals surface area contributed by atoms with Crippen LogP contribution < -0.4 is 10.6 Å². The van der Waals surface area contributed by atoms with E-state index < -0.39 is 35.5 Å². The molecule has 0 spiro atoms. The lowest BCUT2D eigenvalue weighted by Gasteiger charge is -2.25. The standard InChI is InChI=1S/C27H38N2O6/c1-17(2)13-22(23(30)14-20-11-8-12-28-27(34)25(20)32)29-26(33)21(18(3)4)15-24(31)35-16-19-9-6-5-7-10-19/h5-7,9-10,17-18,20-22H,8,11-16H2,1-4H3,(H,28,34)(H,29,33)/t20?,21-,22-/m0/s1. The van der Waals surface area contributed by atoms with Gasteiger partial charge in [0, 0.05) is 18.9 Å². The molecule has 192 valence electrons. The van der Waals surface area contributed by atoms with Gasteiger partial charge in [-0.25, -0.2) is 0 Å². The molecule has 3 atom stereocenters. The van der Waals surface area contributed by atoms with Crippen molar-refractivity contribution in [3.63, 3.8) is 0 Å². The fraction of sp³-hybridized carbons (Fsp3) is 0.593. The maximum atomic E-state index is 13.2. The number of ketones is 2. The Hall–Kier alpha value is -3.03. The normalized spacial score (nSPS) is 17.9. The molecule has 1 saturated heterocycles. The minimum absolute atomic E-state index is 0.0879. The number of hydrogen-bond donors (Lipinski definition) is 2. The summed E-state index contributed by atoms with van der Waals surface area (Å²) in [6.45, 7) is 8.12. The first-order valence-electron chi connectivity index (χ1n) is 12.4. The van der Waals surface area contributed by atoms with E-state index in [4.69, 9.17) is 4.74 Å². The lowest BCUT2D eigenvalue weighted by molar-refractivity contribution is -0.149. The van der Waals surface area contributed by atoms with E-state index in [1.54, 1.807) is 0 Å². The summed E-state index contributed by atoms with van der Waals surface area (Å²) >= 11 is 0. The Morgan fingerprint density at radius 2 is 1.77 bits per heavy atom. The lowest BCUT2D eigenvalue weighted by Crippen LogP contribution is -2.46. The smallest absolute Gasteiger partial charge is 0.306 e. The second kappa shape index (κ2) is 13.8. The molecule has 1 aliphatic heterocycles. The van der Waals surface area contributed by atoms with Gasteiger partial charge < -0.3 is 15.4 Å². The van der Waals surface area contributed by atoms with Gasteiger partial charge in [-0.1, -0.05) is 58.0 Å². The molecule has 8 heteroatoms. The minimum Gasteiger partial charge on any atom is -0.461 e. The molecule has 1 heterocycles. The van der Waals surface area contributed by atoms with Crippen molar-refractivity contribution in [2.24, 2.45) is 23.7 Å². The van der Waals surface area contributed by atoms with Crippen LogP contribution in [-0.2, 0) is 35.3 Å². The Bertz CT molecular complexity index is 896. The lowest BCUT2D eigenvalue weighted by atomic mass is 9.87. The molecule has 1 aliphatic rings. The zero-order chi connectivity index (χ0) is 26.0. The highest BCUT2D eigenvalue weighted by atomic mass is 16.5. The van der Waals surface area contributed by atoms with Gasteiger partial charge in [0.15, 0.2) is 5.78 Å². The number of carbonyl (C=O) groups excluding carboxylic acids is 5. The van der Waals surface area contributed by atoms with Crippen molar-refractivity contribution in [1.82, 2.24) is 10.6 Å². The van der Waals surface area contributed by atoms with Crippen LogP contribution in [0, 0.1) is 23.7 Å². The Balaban J connectivity index is 2.02. The number of amides is 2. The number of esters is 1. The number of hydrogen-bond acceptors (Lipinski definition) is 6. The molecule has 0 bridgehead atoms. The molecule has 8 nitrogen and oxygen atoms in total. The third-order valence-corrected chi connectivity index (χ3v) is 6.24. The van der Waals surface area contributed by atoms with Crippen LogP contribution in [0.1, 0.15) is 65.4 Å². The van der Waals surface area contributed by atoms with E-state index in [2.05, 4.69) is 10.6 Å². The van der Waals surface area contributed by atoms with Gasteiger partial charge in [0.2, 0.25) is 11.7 Å². The third-order valence-electron chi connectivity index (χ3n) is 6.24. The van der Waals surface area contributed by atoms with E-state index in [0.29, 0.717) is 25.8 Å². The van der Waals surface area contributed by atoms with Gasteiger partial charge in [-0.15, -0.1) is 0 Å². The van der Waals surface area contributed by atoms with E-state index in [1.165, 1.54) is 0 Å². The van der Waals surface area contributed by atoms with E-state index in [9.17, 15) is 24.0 Å².